The molecule has 21 heavy (non-hydrogen) atoms. The Morgan fingerprint density at radius 2 is 1.90 bits per heavy atom. The van der Waals surface area contributed by atoms with Crippen LogP contribution in [0.3, 0.4) is 0 Å². The van der Waals surface area contributed by atoms with E-state index < -0.39 is 0 Å². The van der Waals surface area contributed by atoms with Gasteiger partial charge in [0.2, 0.25) is 0 Å². The van der Waals surface area contributed by atoms with Crippen molar-refractivity contribution in [3.8, 4) is 23.3 Å². The lowest BCUT2D eigenvalue weighted by molar-refractivity contribution is 0.135. The second-order valence-electron chi connectivity index (χ2n) is 5.61. The normalized spacial score (nSPS) is 15.0. The zero-order chi connectivity index (χ0) is 15.0. The molecule has 0 N–H and O–H groups in total. The van der Waals surface area contributed by atoms with Gasteiger partial charge in [-0.25, -0.2) is 0 Å². The van der Waals surface area contributed by atoms with Crippen molar-refractivity contribution >= 4 is 11.6 Å². The molecule has 0 fully saturated rings. The third-order valence-electron chi connectivity index (χ3n) is 3.36. The summed E-state index contributed by atoms with van der Waals surface area (Å²) in [5.74, 6) is 1.79. The Bertz CT molecular complexity index is 747. The van der Waals surface area contributed by atoms with Gasteiger partial charge in [-0.15, -0.1) is 0 Å². The molecule has 106 valence electrons. The first-order valence-corrected chi connectivity index (χ1v) is 7.05. The molecule has 1 aliphatic rings. The third kappa shape index (κ3) is 2.55. The van der Waals surface area contributed by atoms with Crippen LogP contribution in [-0.4, -0.2) is 5.60 Å². The lowest BCUT2D eigenvalue weighted by atomic mass is 10.0. The second kappa shape index (κ2) is 4.98. The van der Waals surface area contributed by atoms with Crippen LogP contribution >= 0.6 is 11.6 Å². The summed E-state index contributed by atoms with van der Waals surface area (Å²) in [5.41, 5.74) is 1.20. The van der Waals surface area contributed by atoms with Gasteiger partial charge in [-0.1, -0.05) is 29.8 Å². The highest BCUT2D eigenvalue weighted by atomic mass is 35.5. The van der Waals surface area contributed by atoms with E-state index in [2.05, 4.69) is 6.07 Å². The van der Waals surface area contributed by atoms with Gasteiger partial charge in [0.05, 0.1) is 5.02 Å². The summed E-state index contributed by atoms with van der Waals surface area (Å²) in [6.07, 6.45) is 0.834. The summed E-state index contributed by atoms with van der Waals surface area (Å²) >= 11 is 6.02. The van der Waals surface area contributed by atoms with Crippen LogP contribution in [0.15, 0.2) is 36.4 Å². The molecule has 0 aromatic heterocycles. The molecule has 0 atom stereocenters. The fourth-order valence-corrected chi connectivity index (χ4v) is 2.69. The number of ether oxygens (including phenoxy) is 2. The quantitative estimate of drug-likeness (QED) is 0.806. The minimum absolute atomic E-state index is 0.242. The van der Waals surface area contributed by atoms with Crippen LogP contribution in [0.4, 0.5) is 0 Å². The number of halogens is 1. The number of benzene rings is 2. The van der Waals surface area contributed by atoms with Gasteiger partial charge in [-0.2, -0.15) is 5.26 Å². The molecule has 1 aliphatic heterocycles. The molecular weight excluding hydrogens is 286 g/mol. The van der Waals surface area contributed by atoms with Crippen LogP contribution in [0.25, 0.3) is 0 Å². The summed E-state index contributed by atoms with van der Waals surface area (Å²) < 4.78 is 11.8. The predicted molar refractivity (Wildman–Crippen MR) is 81.1 cm³/mol. The molecule has 4 heteroatoms. The topological polar surface area (TPSA) is 42.2 Å². The number of fused-ring (bicyclic) bond motifs is 1. The van der Waals surface area contributed by atoms with Gasteiger partial charge < -0.3 is 9.47 Å². The molecule has 0 unspecified atom stereocenters. The molecule has 0 spiro atoms. The first kappa shape index (κ1) is 13.8. The van der Waals surface area contributed by atoms with E-state index >= 15 is 0 Å². The number of nitrogens with zero attached hydrogens (tertiary/aromatic N) is 1. The van der Waals surface area contributed by atoms with Crippen LogP contribution in [-0.2, 0) is 6.42 Å². The monoisotopic (exact) mass is 299 g/mol. The van der Waals surface area contributed by atoms with Crippen LogP contribution in [0.5, 0.6) is 17.2 Å². The highest BCUT2D eigenvalue weighted by molar-refractivity contribution is 6.31. The zero-order valence-electron chi connectivity index (χ0n) is 11.8. The van der Waals surface area contributed by atoms with Crippen LogP contribution < -0.4 is 9.47 Å². The zero-order valence-corrected chi connectivity index (χ0v) is 12.6. The molecule has 2 aromatic carbocycles. The van der Waals surface area contributed by atoms with E-state index in [1.54, 1.807) is 18.2 Å². The Labute approximate surface area is 128 Å². The van der Waals surface area contributed by atoms with Gasteiger partial charge in [0.1, 0.15) is 23.0 Å². The lowest BCUT2D eigenvalue weighted by Gasteiger charge is -2.18. The van der Waals surface area contributed by atoms with Gasteiger partial charge in [0.15, 0.2) is 11.5 Å². The largest absolute Gasteiger partial charge is 0.483 e. The Kier molecular flexibility index (Phi) is 3.27. The highest BCUT2D eigenvalue weighted by Gasteiger charge is 2.32. The molecule has 3 nitrogen and oxygen atoms in total. The Balaban J connectivity index is 2.01. The Hall–Kier alpha value is -2.18. The molecule has 0 saturated carbocycles. The summed E-state index contributed by atoms with van der Waals surface area (Å²) in [7, 11) is 0. The van der Waals surface area contributed by atoms with Crippen molar-refractivity contribution in [2.24, 2.45) is 0 Å². The van der Waals surface area contributed by atoms with Gasteiger partial charge in [-0.05, 0) is 32.0 Å². The maximum Gasteiger partial charge on any atom is 0.169 e. The molecule has 0 aliphatic carbocycles. The molecule has 0 amide bonds. The Morgan fingerprint density at radius 1 is 1.19 bits per heavy atom. The van der Waals surface area contributed by atoms with Crippen molar-refractivity contribution in [1.29, 1.82) is 5.26 Å². The smallest absolute Gasteiger partial charge is 0.169 e. The average molecular weight is 300 g/mol. The number of hydrogen-bond acceptors (Lipinski definition) is 3. The van der Waals surface area contributed by atoms with E-state index in [-0.39, 0.29) is 5.60 Å². The lowest BCUT2D eigenvalue weighted by Crippen LogP contribution is -2.24. The molecule has 2 aromatic rings. The molecule has 3 rings (SSSR count). The molecule has 0 radical (unpaired) electrons. The van der Waals surface area contributed by atoms with Crippen LogP contribution in [0.1, 0.15) is 25.0 Å². The second-order valence-corrected chi connectivity index (χ2v) is 6.02. The minimum Gasteiger partial charge on any atom is -0.483 e. The maximum absolute atomic E-state index is 9.21. The van der Waals surface area contributed by atoms with Crippen molar-refractivity contribution < 1.29 is 9.47 Å². The summed E-state index contributed by atoms with van der Waals surface area (Å²) in [4.78, 5) is 0. The number of para-hydroxylation sites is 1. The first-order chi connectivity index (χ1) is 10.00. The number of nitriles is 1. The molecular formula is C17H14ClNO2. The van der Waals surface area contributed by atoms with Crippen molar-refractivity contribution in [3.63, 3.8) is 0 Å². The van der Waals surface area contributed by atoms with Crippen LogP contribution in [0, 0.1) is 11.3 Å². The SMILES string of the molecule is CC1(C)Cc2cccc(Oc3cccc(Cl)c3C#N)c2O1. The van der Waals surface area contributed by atoms with E-state index in [1.165, 1.54) is 0 Å². The van der Waals surface area contributed by atoms with E-state index in [9.17, 15) is 5.26 Å². The fraction of sp³-hybridized carbons (Fsp3) is 0.235. The van der Waals surface area contributed by atoms with E-state index in [1.807, 2.05) is 32.0 Å². The third-order valence-corrected chi connectivity index (χ3v) is 3.68. The molecule has 1 heterocycles. The van der Waals surface area contributed by atoms with Crippen LogP contribution in [0.2, 0.25) is 5.02 Å². The highest BCUT2D eigenvalue weighted by Crippen LogP contribution is 2.44. The van der Waals surface area contributed by atoms with Crippen molar-refractivity contribution in [3.05, 3.63) is 52.5 Å². The number of rotatable bonds is 2. The van der Waals surface area contributed by atoms with Crippen molar-refractivity contribution in [2.75, 3.05) is 0 Å². The van der Waals surface area contributed by atoms with E-state index in [0.29, 0.717) is 22.1 Å². The maximum atomic E-state index is 9.21. The van der Waals surface area contributed by atoms with Crippen molar-refractivity contribution in [1.82, 2.24) is 0 Å². The minimum atomic E-state index is -0.242. The summed E-state index contributed by atoms with van der Waals surface area (Å²) in [6.45, 7) is 4.08. The summed E-state index contributed by atoms with van der Waals surface area (Å²) in [6, 6.07) is 13.0. The first-order valence-electron chi connectivity index (χ1n) is 6.67. The fourth-order valence-electron chi connectivity index (χ4n) is 2.48. The van der Waals surface area contributed by atoms with E-state index in [0.717, 1.165) is 17.7 Å². The van der Waals surface area contributed by atoms with Gasteiger partial charge in [-0.3, -0.25) is 0 Å². The van der Waals surface area contributed by atoms with Gasteiger partial charge in [0, 0.05) is 12.0 Å². The van der Waals surface area contributed by atoms with Crippen molar-refractivity contribution in [2.45, 2.75) is 25.9 Å². The Morgan fingerprint density at radius 3 is 2.67 bits per heavy atom. The van der Waals surface area contributed by atoms with Gasteiger partial charge in [0.25, 0.3) is 0 Å². The summed E-state index contributed by atoms with van der Waals surface area (Å²) in [5, 5.41) is 9.59. The van der Waals surface area contributed by atoms with Gasteiger partial charge >= 0.3 is 0 Å². The predicted octanol–water partition coefficient (Wildman–Crippen LogP) is 4.72. The van der Waals surface area contributed by atoms with E-state index in [4.69, 9.17) is 21.1 Å². The average Bonchev–Trinajstić information content (AvgIpc) is 2.74. The molecule has 0 bridgehead atoms. The number of hydrogen-bond donors (Lipinski definition) is 0. The molecule has 0 saturated heterocycles. The standard InChI is InChI=1S/C17H14ClNO2/c1-17(2)9-11-5-3-8-15(16(11)21-17)20-14-7-4-6-13(18)12(14)10-19/h3-8H,9H2,1-2H3.